The number of ether oxygens (including phenoxy) is 1. The standard InChI is InChI=1S/C22H19FN2O3S/c23-18-8-3-1-6-15(18)12-27-13-16(26)14-29-22-17-7-2-4-9-19(17)24-21(25-22)20-10-5-11-28-20/h1-11,16,26H,12-14H2. The van der Waals surface area contributed by atoms with E-state index in [1.165, 1.54) is 17.8 Å². The Morgan fingerprint density at radius 3 is 2.69 bits per heavy atom. The van der Waals surface area contributed by atoms with Crippen molar-refractivity contribution in [3.63, 3.8) is 0 Å². The second kappa shape index (κ2) is 9.17. The SMILES string of the molecule is OC(COCc1ccccc1F)CSc1nc(-c2ccco2)nc2ccccc12. The van der Waals surface area contributed by atoms with E-state index in [0.717, 1.165) is 15.9 Å². The summed E-state index contributed by atoms with van der Waals surface area (Å²) in [6.07, 6.45) is 0.865. The van der Waals surface area contributed by atoms with Gasteiger partial charge in [0.05, 0.1) is 31.1 Å². The average molecular weight is 410 g/mol. The maximum absolute atomic E-state index is 13.6. The van der Waals surface area contributed by atoms with Gasteiger partial charge in [0.25, 0.3) is 0 Å². The lowest BCUT2D eigenvalue weighted by atomic mass is 10.2. The number of hydrogen-bond acceptors (Lipinski definition) is 6. The number of aliphatic hydroxyl groups is 1. The molecular weight excluding hydrogens is 391 g/mol. The van der Waals surface area contributed by atoms with Gasteiger partial charge >= 0.3 is 0 Å². The summed E-state index contributed by atoms with van der Waals surface area (Å²) in [6, 6.07) is 17.8. The van der Waals surface area contributed by atoms with Crippen molar-refractivity contribution in [2.45, 2.75) is 17.7 Å². The van der Waals surface area contributed by atoms with E-state index < -0.39 is 6.10 Å². The van der Waals surface area contributed by atoms with Crippen molar-refractivity contribution in [3.05, 3.63) is 78.3 Å². The summed E-state index contributed by atoms with van der Waals surface area (Å²) in [4.78, 5) is 9.17. The summed E-state index contributed by atoms with van der Waals surface area (Å²) in [5.41, 5.74) is 1.28. The van der Waals surface area contributed by atoms with Crippen LogP contribution in [0.15, 0.2) is 76.4 Å². The average Bonchev–Trinajstić information content (AvgIpc) is 3.28. The summed E-state index contributed by atoms with van der Waals surface area (Å²) in [5, 5.41) is 12.0. The first-order chi connectivity index (χ1) is 14.2. The first-order valence-corrected chi connectivity index (χ1v) is 10.1. The molecule has 29 heavy (non-hydrogen) atoms. The van der Waals surface area contributed by atoms with E-state index in [0.29, 0.717) is 22.9 Å². The monoisotopic (exact) mass is 410 g/mol. The van der Waals surface area contributed by atoms with E-state index in [1.54, 1.807) is 30.5 Å². The third-order valence-electron chi connectivity index (χ3n) is 4.25. The molecular formula is C22H19FN2O3S. The van der Waals surface area contributed by atoms with Crippen LogP contribution in [0.4, 0.5) is 4.39 Å². The molecule has 4 rings (SSSR count). The minimum Gasteiger partial charge on any atom is -0.461 e. The van der Waals surface area contributed by atoms with Gasteiger partial charge in [-0.25, -0.2) is 14.4 Å². The molecule has 0 fully saturated rings. The third-order valence-corrected chi connectivity index (χ3v) is 5.38. The summed E-state index contributed by atoms with van der Waals surface area (Å²) in [6.45, 7) is 0.225. The number of nitrogens with zero attached hydrogens (tertiary/aromatic N) is 2. The highest BCUT2D eigenvalue weighted by molar-refractivity contribution is 7.99. The number of benzene rings is 2. The zero-order chi connectivity index (χ0) is 20.1. The fourth-order valence-electron chi connectivity index (χ4n) is 2.82. The number of hydrogen-bond donors (Lipinski definition) is 1. The Morgan fingerprint density at radius 2 is 1.86 bits per heavy atom. The number of fused-ring (bicyclic) bond motifs is 1. The normalized spacial score (nSPS) is 12.3. The quantitative estimate of drug-likeness (QED) is 0.335. The number of para-hydroxylation sites is 1. The van der Waals surface area contributed by atoms with Crippen LogP contribution in [0.5, 0.6) is 0 Å². The smallest absolute Gasteiger partial charge is 0.197 e. The molecule has 0 spiro atoms. The third kappa shape index (κ3) is 4.82. The van der Waals surface area contributed by atoms with Gasteiger partial charge < -0.3 is 14.3 Å². The molecule has 0 saturated carbocycles. The number of rotatable bonds is 8. The molecule has 4 aromatic rings. The molecule has 0 bridgehead atoms. The largest absolute Gasteiger partial charge is 0.461 e. The predicted molar refractivity (Wildman–Crippen MR) is 110 cm³/mol. The molecule has 1 N–H and O–H groups in total. The Labute approximate surface area is 171 Å². The Kier molecular flexibility index (Phi) is 6.19. The van der Waals surface area contributed by atoms with Crippen molar-refractivity contribution in [3.8, 4) is 11.6 Å². The minimum atomic E-state index is -0.715. The molecule has 0 saturated heterocycles. The van der Waals surface area contributed by atoms with E-state index in [2.05, 4.69) is 9.97 Å². The van der Waals surface area contributed by atoms with E-state index >= 15 is 0 Å². The van der Waals surface area contributed by atoms with Crippen LogP contribution in [0.1, 0.15) is 5.56 Å². The molecule has 2 aromatic carbocycles. The summed E-state index contributed by atoms with van der Waals surface area (Å²) in [5.74, 6) is 1.16. The van der Waals surface area contributed by atoms with Crippen LogP contribution in [0.3, 0.4) is 0 Å². The molecule has 0 aliphatic rings. The molecule has 0 radical (unpaired) electrons. The lowest BCUT2D eigenvalue weighted by Gasteiger charge is -2.12. The number of furan rings is 1. The second-order valence-corrected chi connectivity index (χ2v) is 7.43. The molecule has 0 aliphatic carbocycles. The fraction of sp³-hybridized carbons (Fsp3) is 0.182. The van der Waals surface area contributed by atoms with Crippen molar-refractivity contribution < 1.29 is 18.7 Å². The van der Waals surface area contributed by atoms with Crippen molar-refractivity contribution in [1.29, 1.82) is 0 Å². The molecule has 0 aliphatic heterocycles. The predicted octanol–water partition coefficient (Wildman–Crippen LogP) is 4.70. The number of aliphatic hydroxyl groups excluding tert-OH is 1. The van der Waals surface area contributed by atoms with Gasteiger partial charge in [-0.2, -0.15) is 0 Å². The Morgan fingerprint density at radius 1 is 1.03 bits per heavy atom. The van der Waals surface area contributed by atoms with Gasteiger partial charge in [0, 0.05) is 16.7 Å². The fourth-order valence-corrected chi connectivity index (χ4v) is 3.74. The van der Waals surface area contributed by atoms with Crippen LogP contribution in [0.2, 0.25) is 0 Å². The van der Waals surface area contributed by atoms with Crippen LogP contribution in [-0.2, 0) is 11.3 Å². The highest BCUT2D eigenvalue weighted by atomic mass is 32.2. The van der Waals surface area contributed by atoms with E-state index in [-0.39, 0.29) is 19.0 Å². The lowest BCUT2D eigenvalue weighted by molar-refractivity contribution is 0.0387. The van der Waals surface area contributed by atoms with Crippen LogP contribution in [-0.4, -0.2) is 33.5 Å². The minimum absolute atomic E-state index is 0.107. The van der Waals surface area contributed by atoms with Gasteiger partial charge in [0.15, 0.2) is 11.6 Å². The van der Waals surface area contributed by atoms with Gasteiger partial charge in [-0.1, -0.05) is 36.4 Å². The highest BCUT2D eigenvalue weighted by Gasteiger charge is 2.14. The van der Waals surface area contributed by atoms with Gasteiger partial charge in [-0.15, -0.1) is 11.8 Å². The zero-order valence-corrected chi connectivity index (χ0v) is 16.3. The molecule has 7 heteroatoms. The topological polar surface area (TPSA) is 68.4 Å². The Bertz CT molecular complexity index is 1090. The molecule has 1 atom stereocenters. The summed E-state index contributed by atoms with van der Waals surface area (Å²) < 4.78 is 24.5. The first kappa shape index (κ1) is 19.6. The molecule has 1 unspecified atom stereocenters. The highest BCUT2D eigenvalue weighted by Crippen LogP contribution is 2.29. The van der Waals surface area contributed by atoms with Crippen molar-refractivity contribution in [1.82, 2.24) is 9.97 Å². The number of halogens is 1. The van der Waals surface area contributed by atoms with E-state index in [4.69, 9.17) is 9.15 Å². The van der Waals surface area contributed by atoms with E-state index in [1.807, 2.05) is 30.3 Å². The Hall–Kier alpha value is -2.74. The van der Waals surface area contributed by atoms with E-state index in [9.17, 15) is 9.50 Å². The summed E-state index contributed by atoms with van der Waals surface area (Å²) in [7, 11) is 0. The maximum Gasteiger partial charge on any atom is 0.197 e. The Balaban J connectivity index is 1.41. The zero-order valence-electron chi connectivity index (χ0n) is 15.5. The van der Waals surface area contributed by atoms with Crippen molar-refractivity contribution in [2.24, 2.45) is 0 Å². The van der Waals surface area contributed by atoms with Crippen LogP contribution in [0, 0.1) is 5.82 Å². The van der Waals surface area contributed by atoms with Gasteiger partial charge in [-0.05, 0) is 24.3 Å². The van der Waals surface area contributed by atoms with Crippen LogP contribution < -0.4 is 0 Å². The molecule has 2 aromatic heterocycles. The molecule has 0 amide bonds. The van der Waals surface area contributed by atoms with Crippen LogP contribution in [0.25, 0.3) is 22.5 Å². The maximum atomic E-state index is 13.6. The number of thioether (sulfide) groups is 1. The lowest BCUT2D eigenvalue weighted by Crippen LogP contribution is -2.18. The van der Waals surface area contributed by atoms with Crippen molar-refractivity contribution >= 4 is 22.7 Å². The van der Waals surface area contributed by atoms with Gasteiger partial charge in [0.2, 0.25) is 0 Å². The first-order valence-electron chi connectivity index (χ1n) is 9.13. The van der Waals surface area contributed by atoms with Gasteiger partial charge in [-0.3, -0.25) is 0 Å². The summed E-state index contributed by atoms with van der Waals surface area (Å²) >= 11 is 1.42. The van der Waals surface area contributed by atoms with Crippen LogP contribution >= 0.6 is 11.8 Å². The molecule has 2 heterocycles. The molecule has 5 nitrogen and oxygen atoms in total. The van der Waals surface area contributed by atoms with Gasteiger partial charge in [0.1, 0.15) is 10.8 Å². The number of aromatic nitrogens is 2. The van der Waals surface area contributed by atoms with Crippen molar-refractivity contribution in [2.75, 3.05) is 12.4 Å². The second-order valence-electron chi connectivity index (χ2n) is 6.42. The molecule has 148 valence electrons.